The summed E-state index contributed by atoms with van der Waals surface area (Å²) < 4.78 is 5.17. The minimum Gasteiger partial charge on any atom is -0.497 e. The van der Waals surface area contributed by atoms with Gasteiger partial charge in [0, 0.05) is 24.8 Å². The van der Waals surface area contributed by atoms with Gasteiger partial charge in [0.25, 0.3) is 5.91 Å². The highest BCUT2D eigenvalue weighted by molar-refractivity contribution is 5.94. The van der Waals surface area contributed by atoms with Crippen LogP contribution >= 0.6 is 0 Å². The quantitative estimate of drug-likeness (QED) is 0.879. The third-order valence-electron chi connectivity index (χ3n) is 4.70. The van der Waals surface area contributed by atoms with E-state index in [0.29, 0.717) is 17.2 Å². The lowest BCUT2D eigenvalue weighted by atomic mass is 9.96. The van der Waals surface area contributed by atoms with Gasteiger partial charge in [0.1, 0.15) is 5.75 Å². The average molecular weight is 339 g/mol. The second-order valence-electron chi connectivity index (χ2n) is 6.48. The third kappa shape index (κ3) is 5.03. The Labute approximate surface area is 149 Å². The van der Waals surface area contributed by atoms with E-state index in [0.717, 1.165) is 44.7 Å². The van der Waals surface area contributed by atoms with E-state index in [1.165, 1.54) is 0 Å². The molecule has 2 aromatic rings. The van der Waals surface area contributed by atoms with Gasteiger partial charge in [-0.25, -0.2) is 0 Å². The minimum absolute atomic E-state index is 0.0326. The Morgan fingerprint density at radius 3 is 2.80 bits per heavy atom. The van der Waals surface area contributed by atoms with Crippen LogP contribution in [-0.2, 0) is 6.54 Å². The summed E-state index contributed by atoms with van der Waals surface area (Å²) in [5, 5.41) is 3.06. The van der Waals surface area contributed by atoms with Crippen LogP contribution in [0, 0.1) is 5.92 Å². The second-order valence-corrected chi connectivity index (χ2v) is 6.48. The first-order chi connectivity index (χ1) is 12.2. The molecular weight excluding hydrogens is 314 g/mol. The number of likely N-dealkylation sites (tertiary alicyclic amines) is 1. The van der Waals surface area contributed by atoms with E-state index < -0.39 is 0 Å². The van der Waals surface area contributed by atoms with E-state index in [1.54, 1.807) is 13.2 Å². The molecule has 0 atom stereocenters. The molecule has 1 fully saturated rings. The molecule has 2 heterocycles. The number of amides is 1. The van der Waals surface area contributed by atoms with Gasteiger partial charge in [0.05, 0.1) is 12.8 Å². The highest BCUT2D eigenvalue weighted by Crippen LogP contribution is 2.18. The number of nitrogens with one attached hydrogen (secondary N) is 1. The number of benzene rings is 1. The van der Waals surface area contributed by atoms with Crippen molar-refractivity contribution >= 4 is 5.91 Å². The Hall–Kier alpha value is -2.40. The topological polar surface area (TPSA) is 54.5 Å². The van der Waals surface area contributed by atoms with Gasteiger partial charge in [-0.15, -0.1) is 0 Å². The normalized spacial score (nSPS) is 15.7. The molecule has 0 radical (unpaired) electrons. The maximum Gasteiger partial charge on any atom is 0.251 e. The van der Waals surface area contributed by atoms with Crippen molar-refractivity contribution in [1.82, 2.24) is 15.2 Å². The summed E-state index contributed by atoms with van der Waals surface area (Å²) in [7, 11) is 1.61. The fraction of sp³-hybridized carbons (Fsp3) is 0.400. The van der Waals surface area contributed by atoms with Crippen LogP contribution in [0.3, 0.4) is 0 Å². The molecule has 0 unspecified atom stereocenters. The number of rotatable bonds is 6. The van der Waals surface area contributed by atoms with Crippen molar-refractivity contribution in [3.63, 3.8) is 0 Å². The summed E-state index contributed by atoms with van der Waals surface area (Å²) >= 11 is 0. The summed E-state index contributed by atoms with van der Waals surface area (Å²) in [4.78, 5) is 19.1. The number of methoxy groups -OCH3 is 1. The third-order valence-corrected chi connectivity index (χ3v) is 4.70. The number of aromatic nitrogens is 1. The van der Waals surface area contributed by atoms with Gasteiger partial charge in [-0.05, 0) is 62.2 Å². The van der Waals surface area contributed by atoms with Crippen molar-refractivity contribution in [2.75, 3.05) is 26.7 Å². The fourth-order valence-corrected chi connectivity index (χ4v) is 3.17. The molecule has 0 spiro atoms. The Morgan fingerprint density at radius 1 is 1.24 bits per heavy atom. The molecule has 1 aromatic heterocycles. The number of carbonyl (C=O) groups excluding carboxylic acids is 1. The van der Waals surface area contributed by atoms with Crippen LogP contribution in [-0.4, -0.2) is 42.5 Å². The number of pyridine rings is 1. The highest BCUT2D eigenvalue weighted by atomic mass is 16.5. The minimum atomic E-state index is -0.0326. The molecule has 5 nitrogen and oxygen atoms in total. The molecule has 0 bridgehead atoms. The predicted molar refractivity (Wildman–Crippen MR) is 97.6 cm³/mol. The van der Waals surface area contributed by atoms with Gasteiger partial charge in [0.2, 0.25) is 0 Å². The lowest BCUT2D eigenvalue weighted by Gasteiger charge is -2.31. The summed E-state index contributed by atoms with van der Waals surface area (Å²) in [5.41, 5.74) is 1.76. The van der Waals surface area contributed by atoms with Gasteiger partial charge < -0.3 is 10.1 Å². The number of ether oxygens (including phenoxy) is 1. The Bertz CT molecular complexity index is 682. The number of piperidine rings is 1. The van der Waals surface area contributed by atoms with Crippen LogP contribution in [0.5, 0.6) is 5.75 Å². The zero-order valence-corrected chi connectivity index (χ0v) is 14.6. The molecule has 25 heavy (non-hydrogen) atoms. The summed E-state index contributed by atoms with van der Waals surface area (Å²) in [6.45, 7) is 3.74. The number of hydrogen-bond acceptors (Lipinski definition) is 4. The summed E-state index contributed by atoms with van der Waals surface area (Å²) in [5.74, 6) is 1.21. The summed E-state index contributed by atoms with van der Waals surface area (Å²) in [6.07, 6.45) is 4.05. The maximum atomic E-state index is 12.3. The first-order valence-corrected chi connectivity index (χ1v) is 8.79. The monoisotopic (exact) mass is 339 g/mol. The Balaban J connectivity index is 1.42. The van der Waals surface area contributed by atoms with E-state index in [9.17, 15) is 4.79 Å². The van der Waals surface area contributed by atoms with Crippen LogP contribution < -0.4 is 10.1 Å². The molecule has 1 aliphatic rings. The molecule has 3 rings (SSSR count). The smallest absolute Gasteiger partial charge is 0.251 e. The van der Waals surface area contributed by atoms with Crippen LogP contribution in [0.2, 0.25) is 0 Å². The van der Waals surface area contributed by atoms with E-state index in [2.05, 4.69) is 21.3 Å². The van der Waals surface area contributed by atoms with E-state index in [4.69, 9.17) is 4.74 Å². The average Bonchev–Trinajstić information content (AvgIpc) is 2.68. The van der Waals surface area contributed by atoms with Crippen LogP contribution in [0.25, 0.3) is 0 Å². The second kappa shape index (κ2) is 8.62. The van der Waals surface area contributed by atoms with E-state index in [-0.39, 0.29) is 5.91 Å². The maximum absolute atomic E-state index is 12.3. The molecule has 132 valence electrons. The number of hydrogen-bond donors (Lipinski definition) is 1. The molecular formula is C20H25N3O2. The van der Waals surface area contributed by atoms with Crippen molar-refractivity contribution in [1.29, 1.82) is 0 Å². The van der Waals surface area contributed by atoms with Crippen molar-refractivity contribution in [3.05, 3.63) is 59.9 Å². The highest BCUT2D eigenvalue weighted by Gasteiger charge is 2.20. The first-order valence-electron chi connectivity index (χ1n) is 8.79. The van der Waals surface area contributed by atoms with Crippen LogP contribution in [0.1, 0.15) is 28.9 Å². The molecule has 1 amide bonds. The molecule has 5 heteroatoms. The summed E-state index contributed by atoms with van der Waals surface area (Å²) in [6, 6.07) is 13.3. The van der Waals surface area contributed by atoms with Gasteiger partial charge in [-0.1, -0.05) is 12.1 Å². The molecule has 1 aromatic carbocycles. The van der Waals surface area contributed by atoms with Crippen LogP contribution in [0.15, 0.2) is 48.7 Å². The zero-order chi connectivity index (χ0) is 17.5. The Kier molecular flexibility index (Phi) is 6.01. The van der Waals surface area contributed by atoms with Crippen molar-refractivity contribution < 1.29 is 9.53 Å². The van der Waals surface area contributed by atoms with E-state index in [1.807, 2.05) is 36.5 Å². The van der Waals surface area contributed by atoms with Gasteiger partial charge >= 0.3 is 0 Å². The lowest BCUT2D eigenvalue weighted by Crippen LogP contribution is -2.38. The van der Waals surface area contributed by atoms with E-state index >= 15 is 0 Å². The van der Waals surface area contributed by atoms with Gasteiger partial charge in [-0.2, -0.15) is 0 Å². The first kappa shape index (κ1) is 17.4. The number of nitrogens with zero attached hydrogens (tertiary/aromatic N) is 2. The molecule has 1 N–H and O–H groups in total. The lowest BCUT2D eigenvalue weighted by molar-refractivity contribution is 0.0934. The SMILES string of the molecule is COc1cccc(C(=O)NCC2CCN(Cc3ccccn3)CC2)c1. The molecule has 1 saturated heterocycles. The Morgan fingerprint density at radius 2 is 2.08 bits per heavy atom. The molecule has 0 saturated carbocycles. The van der Waals surface area contributed by atoms with Crippen molar-refractivity contribution in [3.8, 4) is 5.75 Å². The van der Waals surface area contributed by atoms with Gasteiger partial charge in [-0.3, -0.25) is 14.7 Å². The van der Waals surface area contributed by atoms with Crippen molar-refractivity contribution in [2.45, 2.75) is 19.4 Å². The molecule has 0 aliphatic carbocycles. The predicted octanol–water partition coefficient (Wildman–Crippen LogP) is 2.73. The fourth-order valence-electron chi connectivity index (χ4n) is 3.17. The standard InChI is InChI=1S/C20H25N3O2/c1-25-19-7-4-5-17(13-19)20(24)22-14-16-8-11-23(12-9-16)15-18-6-2-3-10-21-18/h2-7,10,13,16H,8-9,11-12,14-15H2,1H3,(H,22,24). The van der Waals surface area contributed by atoms with Gasteiger partial charge in [0.15, 0.2) is 0 Å². The molecule has 1 aliphatic heterocycles. The number of carbonyl (C=O) groups is 1. The largest absolute Gasteiger partial charge is 0.497 e. The van der Waals surface area contributed by atoms with Crippen molar-refractivity contribution in [2.24, 2.45) is 5.92 Å². The zero-order valence-electron chi connectivity index (χ0n) is 14.6. The van der Waals surface area contributed by atoms with Crippen LogP contribution in [0.4, 0.5) is 0 Å².